The molecule has 0 bridgehead atoms. The Hall–Kier alpha value is -1.24. The van der Waals surface area contributed by atoms with E-state index in [1.807, 2.05) is 0 Å². The van der Waals surface area contributed by atoms with Gasteiger partial charge in [-0.1, -0.05) is 0 Å². The monoisotopic (exact) mass is 250 g/mol. The lowest BCUT2D eigenvalue weighted by Crippen LogP contribution is -2.40. The molecule has 0 radical (unpaired) electrons. The highest BCUT2D eigenvalue weighted by Crippen LogP contribution is 2.42. The molecule has 2 rings (SSSR count). The van der Waals surface area contributed by atoms with Crippen LogP contribution in [0.1, 0.15) is 19.3 Å². The molecule has 2 N–H and O–H groups in total. The largest absolute Gasteiger partial charge is 0.480 e. The third-order valence-corrected chi connectivity index (χ3v) is 3.32. The van der Waals surface area contributed by atoms with Crippen LogP contribution in [0.25, 0.3) is 0 Å². The first-order chi connectivity index (χ1) is 7.80. The fourth-order valence-corrected chi connectivity index (χ4v) is 2.48. The van der Waals surface area contributed by atoms with E-state index in [2.05, 4.69) is 5.43 Å². The second-order valence-corrected chi connectivity index (χ2v) is 4.45. The predicted molar refractivity (Wildman–Crippen MR) is 52.7 cm³/mol. The van der Waals surface area contributed by atoms with Gasteiger partial charge in [0.05, 0.1) is 5.92 Å². The molecule has 0 fully saturated rings. The maximum absolute atomic E-state index is 12.6. The molecule has 4 nitrogen and oxygen atoms in total. The quantitative estimate of drug-likeness (QED) is 0.740. The van der Waals surface area contributed by atoms with E-state index in [0.717, 1.165) is 0 Å². The number of carboxylic acid groups (broad SMARTS) is 1. The summed E-state index contributed by atoms with van der Waals surface area (Å²) in [6, 6.07) is -0.977. The first-order valence-corrected chi connectivity index (χ1v) is 5.31. The van der Waals surface area contributed by atoms with Crippen LogP contribution >= 0.6 is 0 Å². The summed E-state index contributed by atoms with van der Waals surface area (Å²) < 4.78 is 37.9. The fourth-order valence-electron chi connectivity index (χ4n) is 2.48. The highest BCUT2D eigenvalue weighted by molar-refractivity contribution is 5.78. The number of nitrogens with one attached hydrogen (secondary N) is 1. The molecular weight excluding hydrogens is 237 g/mol. The number of carboxylic acids is 1. The second kappa shape index (κ2) is 3.90. The number of likely N-dealkylation sites (N-methyl/N-ethyl adjacent to an activating group) is 1. The Labute approximate surface area is 96.1 Å². The van der Waals surface area contributed by atoms with E-state index in [0.29, 0.717) is 11.3 Å². The number of hydrogen-bond acceptors (Lipinski definition) is 3. The predicted octanol–water partition coefficient (Wildman–Crippen LogP) is 1.51. The van der Waals surface area contributed by atoms with Gasteiger partial charge in [-0.25, -0.2) is 5.01 Å². The summed E-state index contributed by atoms with van der Waals surface area (Å²) in [5, 5.41) is 10.4. The topological polar surface area (TPSA) is 52.6 Å². The number of rotatable bonds is 1. The average Bonchev–Trinajstić information content (AvgIpc) is 2.50. The number of allylic oxidation sites excluding steroid dienone is 1. The zero-order valence-corrected chi connectivity index (χ0v) is 9.21. The Morgan fingerprint density at radius 3 is 2.71 bits per heavy atom. The van der Waals surface area contributed by atoms with Crippen LogP contribution in [0.15, 0.2) is 11.3 Å². The van der Waals surface area contributed by atoms with E-state index in [1.54, 1.807) is 0 Å². The molecule has 2 aliphatic rings. The van der Waals surface area contributed by atoms with Gasteiger partial charge in [0.25, 0.3) is 0 Å². The van der Waals surface area contributed by atoms with E-state index in [-0.39, 0.29) is 19.3 Å². The Kier molecular flexibility index (Phi) is 2.81. The van der Waals surface area contributed by atoms with Crippen molar-refractivity contribution in [3.8, 4) is 0 Å². The average molecular weight is 250 g/mol. The Morgan fingerprint density at radius 2 is 2.18 bits per heavy atom. The van der Waals surface area contributed by atoms with Crippen LogP contribution in [0, 0.1) is 5.92 Å². The zero-order chi connectivity index (χ0) is 12.8. The molecule has 7 heteroatoms. The van der Waals surface area contributed by atoms with Crippen LogP contribution in [0.3, 0.4) is 0 Å². The standard InChI is InChI=1S/C10H13F3N2O2/c1-15-8(9(16)17)6-4-5(10(11,12)13)2-3-7(6)14-15/h5,8,14H,2-4H2,1H3,(H,16,17)/t5?,8-/m0/s1. The molecular formula is C10H13F3N2O2. The minimum atomic E-state index is -4.25. The lowest BCUT2D eigenvalue weighted by atomic mass is 9.84. The lowest BCUT2D eigenvalue weighted by Gasteiger charge is -2.26. The molecule has 2 atom stereocenters. The summed E-state index contributed by atoms with van der Waals surface area (Å²) in [7, 11) is 1.53. The van der Waals surface area contributed by atoms with Gasteiger partial charge >= 0.3 is 12.1 Å². The van der Waals surface area contributed by atoms with Crippen molar-refractivity contribution in [3.05, 3.63) is 11.3 Å². The summed E-state index contributed by atoms with van der Waals surface area (Å²) in [5.41, 5.74) is 3.83. The number of hydrogen-bond donors (Lipinski definition) is 2. The molecule has 0 amide bonds. The smallest absolute Gasteiger partial charge is 0.392 e. The van der Waals surface area contributed by atoms with Crippen LogP contribution in [0.2, 0.25) is 0 Å². The van der Waals surface area contributed by atoms with Gasteiger partial charge in [0, 0.05) is 12.7 Å². The SMILES string of the molecule is CN1NC2=C(CC(C(F)(F)F)CC2)[C@H]1C(=O)O. The van der Waals surface area contributed by atoms with Gasteiger partial charge in [-0.3, -0.25) is 4.79 Å². The van der Waals surface area contributed by atoms with Gasteiger partial charge in [0.2, 0.25) is 0 Å². The number of alkyl halides is 3. The van der Waals surface area contributed by atoms with Gasteiger partial charge in [-0.05, 0) is 24.8 Å². The lowest BCUT2D eigenvalue weighted by molar-refractivity contribution is -0.177. The summed E-state index contributed by atoms with van der Waals surface area (Å²) in [6.07, 6.45) is -4.18. The maximum atomic E-state index is 12.6. The Morgan fingerprint density at radius 1 is 1.53 bits per heavy atom. The van der Waals surface area contributed by atoms with Gasteiger partial charge in [0.15, 0.2) is 0 Å². The summed E-state index contributed by atoms with van der Waals surface area (Å²) >= 11 is 0. The molecule has 0 aromatic rings. The van der Waals surface area contributed by atoms with Crippen molar-refractivity contribution in [2.75, 3.05) is 7.05 Å². The molecule has 0 saturated carbocycles. The van der Waals surface area contributed by atoms with Crippen molar-refractivity contribution < 1.29 is 23.1 Å². The van der Waals surface area contributed by atoms with Crippen molar-refractivity contribution in [1.82, 2.24) is 10.4 Å². The molecule has 0 aromatic heterocycles. The minimum absolute atomic E-state index is 0.0233. The van der Waals surface area contributed by atoms with E-state index < -0.39 is 24.1 Å². The van der Waals surface area contributed by atoms with Crippen molar-refractivity contribution >= 4 is 5.97 Å². The second-order valence-electron chi connectivity index (χ2n) is 4.45. The van der Waals surface area contributed by atoms with Crippen molar-refractivity contribution in [2.45, 2.75) is 31.5 Å². The van der Waals surface area contributed by atoms with E-state index in [9.17, 15) is 18.0 Å². The number of hydrazine groups is 1. The van der Waals surface area contributed by atoms with Crippen LogP contribution in [-0.2, 0) is 4.79 Å². The maximum Gasteiger partial charge on any atom is 0.392 e. The van der Waals surface area contributed by atoms with Gasteiger partial charge < -0.3 is 10.5 Å². The molecule has 96 valence electrons. The third-order valence-electron chi connectivity index (χ3n) is 3.32. The van der Waals surface area contributed by atoms with Crippen LogP contribution in [0.4, 0.5) is 13.2 Å². The van der Waals surface area contributed by atoms with E-state index in [1.165, 1.54) is 12.1 Å². The first kappa shape index (κ1) is 12.2. The van der Waals surface area contributed by atoms with Crippen LogP contribution < -0.4 is 5.43 Å². The van der Waals surface area contributed by atoms with Crippen molar-refractivity contribution in [1.29, 1.82) is 0 Å². The number of nitrogens with zero attached hydrogens (tertiary/aromatic N) is 1. The molecule has 0 spiro atoms. The minimum Gasteiger partial charge on any atom is -0.480 e. The Bertz CT molecular complexity index is 378. The first-order valence-electron chi connectivity index (χ1n) is 5.31. The van der Waals surface area contributed by atoms with E-state index >= 15 is 0 Å². The summed E-state index contributed by atoms with van der Waals surface area (Å²) in [6.45, 7) is 0. The molecule has 1 aliphatic carbocycles. The highest BCUT2D eigenvalue weighted by Gasteiger charge is 2.46. The number of carbonyl (C=O) groups is 1. The van der Waals surface area contributed by atoms with Crippen LogP contribution in [-0.4, -0.2) is 35.4 Å². The molecule has 17 heavy (non-hydrogen) atoms. The van der Waals surface area contributed by atoms with Crippen molar-refractivity contribution in [3.63, 3.8) is 0 Å². The van der Waals surface area contributed by atoms with Gasteiger partial charge in [-0.15, -0.1) is 0 Å². The van der Waals surface area contributed by atoms with Crippen molar-refractivity contribution in [2.24, 2.45) is 5.92 Å². The normalized spacial score (nSPS) is 30.1. The molecule has 1 aliphatic heterocycles. The summed E-state index contributed by atoms with van der Waals surface area (Å²) in [4.78, 5) is 11.0. The van der Waals surface area contributed by atoms with E-state index in [4.69, 9.17) is 5.11 Å². The fraction of sp³-hybridized carbons (Fsp3) is 0.700. The highest BCUT2D eigenvalue weighted by atomic mass is 19.4. The van der Waals surface area contributed by atoms with Gasteiger partial charge in [-0.2, -0.15) is 13.2 Å². The zero-order valence-electron chi connectivity index (χ0n) is 9.21. The Balaban J connectivity index is 2.22. The number of aliphatic carboxylic acids is 1. The number of halogens is 3. The molecule has 1 unspecified atom stereocenters. The third kappa shape index (κ3) is 2.11. The summed E-state index contributed by atoms with van der Waals surface area (Å²) in [5.74, 6) is -2.54. The molecule has 1 heterocycles. The van der Waals surface area contributed by atoms with Gasteiger partial charge in [0.1, 0.15) is 6.04 Å². The molecule has 0 aromatic carbocycles. The molecule has 0 saturated heterocycles. The van der Waals surface area contributed by atoms with Crippen LogP contribution in [0.5, 0.6) is 0 Å².